The number of nitrogens with zero attached hydrogens (tertiary/aromatic N) is 2. The van der Waals surface area contributed by atoms with Crippen molar-refractivity contribution < 1.29 is 4.79 Å². The minimum absolute atomic E-state index is 0.0492. The average Bonchev–Trinajstić information content (AvgIpc) is 2.99. The summed E-state index contributed by atoms with van der Waals surface area (Å²) >= 11 is 0. The molecule has 1 heterocycles. The Bertz CT molecular complexity index is 519. The Morgan fingerprint density at radius 3 is 2.76 bits per heavy atom. The predicted molar refractivity (Wildman–Crippen MR) is 86.5 cm³/mol. The van der Waals surface area contributed by atoms with Gasteiger partial charge in [0.2, 0.25) is 5.91 Å². The topological polar surface area (TPSA) is 70.7 Å². The number of hydrogen-bond donors (Lipinski definition) is 2. The summed E-state index contributed by atoms with van der Waals surface area (Å²) in [5, 5.41) is 3.04. The summed E-state index contributed by atoms with van der Waals surface area (Å²) in [4.78, 5) is 17.9. The highest BCUT2D eigenvalue weighted by Crippen LogP contribution is 2.18. The van der Waals surface area contributed by atoms with Crippen molar-refractivity contribution in [2.45, 2.75) is 32.6 Å². The number of carbonyl (C=O) groups is 1. The van der Waals surface area contributed by atoms with Gasteiger partial charge in [0, 0.05) is 18.8 Å². The van der Waals surface area contributed by atoms with E-state index in [-0.39, 0.29) is 18.4 Å². The van der Waals surface area contributed by atoms with Gasteiger partial charge in [0.05, 0.1) is 0 Å². The molecule has 0 radical (unpaired) electrons. The Morgan fingerprint density at radius 2 is 2.10 bits per heavy atom. The Morgan fingerprint density at radius 1 is 1.38 bits per heavy atom. The number of rotatable bonds is 4. The summed E-state index contributed by atoms with van der Waals surface area (Å²) in [6.07, 6.45) is 2.18. The minimum Gasteiger partial charge on any atom is -0.370 e. The van der Waals surface area contributed by atoms with Crippen molar-refractivity contribution in [3.8, 4) is 0 Å². The van der Waals surface area contributed by atoms with E-state index in [1.165, 1.54) is 5.56 Å². The van der Waals surface area contributed by atoms with Crippen LogP contribution < -0.4 is 11.1 Å². The molecule has 2 rings (SSSR count). The van der Waals surface area contributed by atoms with Gasteiger partial charge in [0.25, 0.3) is 0 Å². The maximum atomic E-state index is 11.9. The Labute approximate surface area is 126 Å². The van der Waals surface area contributed by atoms with Gasteiger partial charge in [-0.25, -0.2) is 4.99 Å². The molecule has 5 nitrogen and oxygen atoms in total. The Hall–Kier alpha value is -2.04. The molecule has 0 unspecified atom stereocenters. The normalized spacial score (nSPS) is 15.6. The van der Waals surface area contributed by atoms with Gasteiger partial charge in [-0.05, 0) is 36.5 Å². The van der Waals surface area contributed by atoms with Crippen LogP contribution in [-0.2, 0) is 4.79 Å². The van der Waals surface area contributed by atoms with E-state index in [4.69, 9.17) is 5.73 Å². The zero-order valence-electron chi connectivity index (χ0n) is 12.8. The number of aliphatic imine (C=N–C) groups is 1. The smallest absolute Gasteiger partial charge is 0.244 e. The minimum atomic E-state index is 0.0492. The van der Waals surface area contributed by atoms with Crippen LogP contribution >= 0.6 is 0 Å². The van der Waals surface area contributed by atoms with Gasteiger partial charge in [0.15, 0.2) is 5.96 Å². The van der Waals surface area contributed by atoms with Crippen LogP contribution in [0.15, 0.2) is 29.3 Å². The SMILES string of the molecule is CC(C)c1cccc(NC(N)=NCC(=O)N2CCCC2)c1. The molecule has 1 amide bonds. The highest BCUT2D eigenvalue weighted by atomic mass is 16.2. The van der Waals surface area contributed by atoms with Crippen LogP contribution in [0.25, 0.3) is 0 Å². The summed E-state index contributed by atoms with van der Waals surface area (Å²) in [5.74, 6) is 0.790. The number of nitrogens with one attached hydrogen (secondary N) is 1. The first-order valence-corrected chi connectivity index (χ1v) is 7.51. The van der Waals surface area contributed by atoms with E-state index in [0.29, 0.717) is 5.92 Å². The Balaban J connectivity index is 1.91. The number of anilines is 1. The van der Waals surface area contributed by atoms with Crippen molar-refractivity contribution in [3.63, 3.8) is 0 Å². The molecule has 1 aromatic rings. The van der Waals surface area contributed by atoms with Crippen LogP contribution in [0.4, 0.5) is 5.69 Å². The first kappa shape index (κ1) is 15.4. The molecular formula is C16H24N4O. The number of guanidine groups is 1. The lowest BCUT2D eigenvalue weighted by Gasteiger charge is -2.14. The molecule has 1 aliphatic rings. The molecular weight excluding hydrogens is 264 g/mol. The fourth-order valence-electron chi connectivity index (χ4n) is 2.38. The van der Waals surface area contributed by atoms with Crippen molar-refractivity contribution >= 4 is 17.6 Å². The van der Waals surface area contributed by atoms with Gasteiger partial charge >= 0.3 is 0 Å². The Kier molecular flexibility index (Phi) is 5.20. The zero-order chi connectivity index (χ0) is 15.2. The van der Waals surface area contributed by atoms with Crippen molar-refractivity contribution in [2.75, 3.05) is 25.0 Å². The average molecular weight is 288 g/mol. The quantitative estimate of drug-likeness (QED) is 0.659. The number of benzene rings is 1. The third-order valence-corrected chi connectivity index (χ3v) is 3.67. The molecule has 0 aromatic heterocycles. The van der Waals surface area contributed by atoms with Crippen molar-refractivity contribution in [1.29, 1.82) is 0 Å². The van der Waals surface area contributed by atoms with Gasteiger partial charge in [-0.3, -0.25) is 4.79 Å². The first-order valence-electron chi connectivity index (χ1n) is 7.51. The molecule has 0 atom stereocenters. The molecule has 0 spiro atoms. The molecule has 114 valence electrons. The maximum absolute atomic E-state index is 11.9. The van der Waals surface area contributed by atoms with Crippen molar-refractivity contribution in [3.05, 3.63) is 29.8 Å². The monoisotopic (exact) mass is 288 g/mol. The lowest BCUT2D eigenvalue weighted by atomic mass is 10.0. The molecule has 0 saturated carbocycles. The molecule has 1 saturated heterocycles. The van der Waals surface area contributed by atoms with Crippen LogP contribution in [0, 0.1) is 0 Å². The first-order chi connectivity index (χ1) is 10.1. The number of nitrogens with two attached hydrogens (primary N) is 1. The van der Waals surface area contributed by atoms with E-state index in [0.717, 1.165) is 31.6 Å². The number of hydrogen-bond acceptors (Lipinski definition) is 2. The highest BCUT2D eigenvalue weighted by Gasteiger charge is 2.17. The standard InChI is InChI=1S/C16H24N4O/c1-12(2)13-6-5-7-14(10-13)19-16(17)18-11-15(21)20-8-3-4-9-20/h5-7,10,12H,3-4,8-9,11H2,1-2H3,(H3,17,18,19). The number of likely N-dealkylation sites (tertiary alicyclic amines) is 1. The second-order valence-electron chi connectivity index (χ2n) is 5.69. The van der Waals surface area contributed by atoms with Crippen molar-refractivity contribution in [2.24, 2.45) is 10.7 Å². The second kappa shape index (κ2) is 7.11. The highest BCUT2D eigenvalue weighted by molar-refractivity contribution is 5.94. The molecule has 21 heavy (non-hydrogen) atoms. The van der Waals surface area contributed by atoms with Crippen LogP contribution in [0.5, 0.6) is 0 Å². The van der Waals surface area contributed by atoms with E-state index in [2.05, 4.69) is 36.3 Å². The fourth-order valence-corrected chi connectivity index (χ4v) is 2.38. The largest absolute Gasteiger partial charge is 0.370 e. The molecule has 1 aliphatic heterocycles. The van der Waals surface area contributed by atoms with Gasteiger partial charge in [-0.15, -0.1) is 0 Å². The van der Waals surface area contributed by atoms with E-state index in [1.807, 2.05) is 17.0 Å². The predicted octanol–water partition coefficient (Wildman–Crippen LogP) is 2.16. The third kappa shape index (κ3) is 4.48. The molecule has 3 N–H and O–H groups in total. The van der Waals surface area contributed by atoms with Crippen LogP contribution in [-0.4, -0.2) is 36.4 Å². The van der Waals surface area contributed by atoms with Gasteiger partial charge < -0.3 is 16.0 Å². The van der Waals surface area contributed by atoms with Crippen LogP contribution in [0.2, 0.25) is 0 Å². The fraction of sp³-hybridized carbons (Fsp3) is 0.500. The number of carbonyl (C=O) groups excluding carboxylic acids is 1. The summed E-state index contributed by atoms with van der Waals surface area (Å²) in [6.45, 7) is 6.09. The van der Waals surface area contributed by atoms with E-state index < -0.39 is 0 Å². The number of amides is 1. The lowest BCUT2D eigenvalue weighted by Crippen LogP contribution is -2.31. The summed E-state index contributed by atoms with van der Waals surface area (Å²) in [7, 11) is 0. The van der Waals surface area contributed by atoms with Crippen molar-refractivity contribution in [1.82, 2.24) is 4.90 Å². The zero-order valence-corrected chi connectivity index (χ0v) is 12.8. The van der Waals surface area contributed by atoms with Crippen LogP contribution in [0.1, 0.15) is 38.2 Å². The molecule has 1 fully saturated rings. The lowest BCUT2D eigenvalue weighted by molar-refractivity contribution is -0.128. The third-order valence-electron chi connectivity index (χ3n) is 3.67. The second-order valence-corrected chi connectivity index (χ2v) is 5.69. The van der Waals surface area contributed by atoms with Gasteiger partial charge in [-0.1, -0.05) is 26.0 Å². The maximum Gasteiger partial charge on any atom is 0.244 e. The van der Waals surface area contributed by atoms with Gasteiger partial charge in [-0.2, -0.15) is 0 Å². The van der Waals surface area contributed by atoms with Gasteiger partial charge in [0.1, 0.15) is 6.54 Å². The summed E-state index contributed by atoms with van der Waals surface area (Å²) < 4.78 is 0. The molecule has 0 aliphatic carbocycles. The van der Waals surface area contributed by atoms with E-state index in [9.17, 15) is 4.79 Å². The van der Waals surface area contributed by atoms with E-state index >= 15 is 0 Å². The molecule has 1 aromatic carbocycles. The summed E-state index contributed by atoms with van der Waals surface area (Å²) in [6, 6.07) is 8.06. The molecule has 0 bridgehead atoms. The van der Waals surface area contributed by atoms with Crippen LogP contribution in [0.3, 0.4) is 0 Å². The summed E-state index contributed by atoms with van der Waals surface area (Å²) in [5.41, 5.74) is 7.98. The molecule has 5 heteroatoms. The van der Waals surface area contributed by atoms with E-state index in [1.54, 1.807) is 0 Å².